The van der Waals surface area contributed by atoms with Crippen molar-refractivity contribution in [3.8, 4) is 0 Å². The summed E-state index contributed by atoms with van der Waals surface area (Å²) in [4.78, 5) is 9.56. The van der Waals surface area contributed by atoms with Crippen molar-refractivity contribution >= 4 is 0 Å². The highest BCUT2D eigenvalue weighted by atomic mass is 17.2. The van der Waals surface area contributed by atoms with Gasteiger partial charge in [-0.15, -0.1) is 0 Å². The van der Waals surface area contributed by atoms with Gasteiger partial charge in [0.15, 0.2) is 0 Å². The Hall–Kier alpha value is -0.400. The fourth-order valence-electron chi connectivity index (χ4n) is 1.34. The Balaban J connectivity index is 4.37. The standard InChI is InChI=1S/C12H28N2O8/c13-10(14)1-21-22-9-12(5-18,6-19)8-20-7-11(2-15,3-16)4-17/h10,15-19H,1-9,13-14H2. The normalized spacial score (nSPS) is 13.1. The molecule has 0 aromatic rings. The first-order valence-corrected chi connectivity index (χ1v) is 6.81. The van der Waals surface area contributed by atoms with Gasteiger partial charge in [0, 0.05) is 0 Å². The lowest BCUT2D eigenvalue weighted by Gasteiger charge is -2.32. The zero-order chi connectivity index (χ0) is 17.1. The zero-order valence-corrected chi connectivity index (χ0v) is 12.6. The molecule has 134 valence electrons. The van der Waals surface area contributed by atoms with E-state index in [1.165, 1.54) is 0 Å². The molecule has 10 nitrogen and oxygen atoms in total. The molecule has 9 N–H and O–H groups in total. The van der Waals surface area contributed by atoms with E-state index in [-0.39, 0.29) is 26.4 Å². The smallest absolute Gasteiger partial charge is 0.110 e. The molecule has 0 fully saturated rings. The topological polar surface area (TPSA) is 181 Å². The summed E-state index contributed by atoms with van der Waals surface area (Å²) < 4.78 is 5.31. The van der Waals surface area contributed by atoms with Gasteiger partial charge in [-0.2, -0.15) is 0 Å². The molecule has 0 saturated heterocycles. The summed E-state index contributed by atoms with van der Waals surface area (Å²) in [6.07, 6.45) is -0.715. The Kier molecular flexibility index (Phi) is 11.0. The van der Waals surface area contributed by atoms with E-state index in [9.17, 15) is 25.5 Å². The van der Waals surface area contributed by atoms with Crippen molar-refractivity contribution in [2.45, 2.75) is 6.17 Å². The average molecular weight is 328 g/mol. The number of rotatable bonds is 14. The molecule has 0 heterocycles. The van der Waals surface area contributed by atoms with Crippen LogP contribution in [0.3, 0.4) is 0 Å². The molecule has 0 amide bonds. The van der Waals surface area contributed by atoms with Crippen LogP contribution in [0.25, 0.3) is 0 Å². The lowest BCUT2D eigenvalue weighted by molar-refractivity contribution is -0.319. The maximum atomic E-state index is 9.41. The molecule has 0 bridgehead atoms. The molecule has 0 aromatic heterocycles. The molecule has 0 aliphatic heterocycles. The van der Waals surface area contributed by atoms with Crippen LogP contribution in [0.15, 0.2) is 0 Å². The average Bonchev–Trinajstić information content (AvgIpc) is 2.54. The molecule has 0 radical (unpaired) electrons. The first-order chi connectivity index (χ1) is 10.4. The maximum absolute atomic E-state index is 9.41. The molecule has 0 spiro atoms. The van der Waals surface area contributed by atoms with Crippen molar-refractivity contribution in [3.63, 3.8) is 0 Å². The minimum atomic E-state index is -1.19. The second kappa shape index (κ2) is 11.2. The van der Waals surface area contributed by atoms with Crippen LogP contribution < -0.4 is 11.5 Å². The Morgan fingerprint density at radius 1 is 0.682 bits per heavy atom. The fraction of sp³-hybridized carbons (Fsp3) is 1.00. The molecule has 0 unspecified atom stereocenters. The summed E-state index contributed by atoms with van der Waals surface area (Å²) in [6.45, 7) is -2.87. The molecule has 0 aromatic carbocycles. The predicted molar refractivity (Wildman–Crippen MR) is 75.2 cm³/mol. The van der Waals surface area contributed by atoms with E-state index >= 15 is 0 Å². The van der Waals surface area contributed by atoms with Gasteiger partial charge >= 0.3 is 0 Å². The minimum Gasteiger partial charge on any atom is -0.396 e. The second-order valence-electron chi connectivity index (χ2n) is 5.49. The highest BCUT2D eigenvalue weighted by Crippen LogP contribution is 2.21. The van der Waals surface area contributed by atoms with Crippen molar-refractivity contribution in [1.82, 2.24) is 0 Å². The van der Waals surface area contributed by atoms with E-state index in [2.05, 4.69) is 0 Å². The van der Waals surface area contributed by atoms with Crippen LogP contribution in [-0.4, -0.2) is 91.2 Å². The van der Waals surface area contributed by atoms with Gasteiger partial charge in [0.2, 0.25) is 0 Å². The molecule has 0 saturated carbocycles. The van der Waals surface area contributed by atoms with Gasteiger partial charge in [0.25, 0.3) is 0 Å². The molecule has 0 aliphatic carbocycles. The molecule has 22 heavy (non-hydrogen) atoms. The maximum Gasteiger partial charge on any atom is 0.110 e. The Labute approximate surface area is 129 Å². The van der Waals surface area contributed by atoms with Crippen molar-refractivity contribution in [1.29, 1.82) is 0 Å². The van der Waals surface area contributed by atoms with Gasteiger partial charge in [-0.05, 0) is 0 Å². The van der Waals surface area contributed by atoms with E-state index in [1.54, 1.807) is 0 Å². The number of hydrogen-bond donors (Lipinski definition) is 7. The highest BCUT2D eigenvalue weighted by molar-refractivity contribution is 4.80. The fourth-order valence-corrected chi connectivity index (χ4v) is 1.34. The third kappa shape index (κ3) is 7.24. The molecular formula is C12H28N2O8. The summed E-state index contributed by atoms with van der Waals surface area (Å²) in [6, 6.07) is 0. The molecule has 10 heteroatoms. The first kappa shape index (κ1) is 21.6. The van der Waals surface area contributed by atoms with Crippen LogP contribution in [0.4, 0.5) is 0 Å². The summed E-state index contributed by atoms with van der Waals surface area (Å²) in [5, 5.41) is 46.4. The monoisotopic (exact) mass is 328 g/mol. The van der Waals surface area contributed by atoms with Crippen LogP contribution in [0.5, 0.6) is 0 Å². The van der Waals surface area contributed by atoms with Crippen LogP contribution in [0, 0.1) is 10.8 Å². The Bertz CT molecular complexity index is 264. The number of aliphatic hydroxyl groups is 5. The largest absolute Gasteiger partial charge is 0.396 e. The third-order valence-electron chi connectivity index (χ3n) is 3.20. The SMILES string of the molecule is NC(N)COOCC(CO)(CO)COCC(CO)(CO)CO. The van der Waals surface area contributed by atoms with E-state index in [0.717, 1.165) is 0 Å². The lowest BCUT2D eigenvalue weighted by Crippen LogP contribution is -2.44. The third-order valence-corrected chi connectivity index (χ3v) is 3.20. The summed E-state index contributed by atoms with van der Waals surface area (Å²) in [5.41, 5.74) is 8.18. The number of hydrogen-bond acceptors (Lipinski definition) is 10. The van der Waals surface area contributed by atoms with E-state index in [1.807, 2.05) is 0 Å². The van der Waals surface area contributed by atoms with Gasteiger partial charge in [-0.3, -0.25) is 0 Å². The number of ether oxygens (including phenoxy) is 1. The van der Waals surface area contributed by atoms with E-state index in [4.69, 9.17) is 26.0 Å². The molecule has 0 atom stereocenters. The van der Waals surface area contributed by atoms with Crippen LogP contribution in [0.1, 0.15) is 0 Å². The van der Waals surface area contributed by atoms with Crippen molar-refractivity contribution < 1.29 is 40.0 Å². The second-order valence-corrected chi connectivity index (χ2v) is 5.49. The zero-order valence-electron chi connectivity index (χ0n) is 12.6. The van der Waals surface area contributed by atoms with Gasteiger partial charge in [0.05, 0.1) is 69.9 Å². The van der Waals surface area contributed by atoms with Crippen molar-refractivity contribution in [2.75, 3.05) is 59.5 Å². The van der Waals surface area contributed by atoms with E-state index < -0.39 is 50.0 Å². The molecule has 0 aliphatic rings. The van der Waals surface area contributed by atoms with Gasteiger partial charge in [0.1, 0.15) is 6.61 Å². The van der Waals surface area contributed by atoms with Crippen molar-refractivity contribution in [2.24, 2.45) is 22.3 Å². The Morgan fingerprint density at radius 3 is 1.55 bits per heavy atom. The van der Waals surface area contributed by atoms with Gasteiger partial charge < -0.3 is 41.7 Å². The van der Waals surface area contributed by atoms with Crippen LogP contribution in [-0.2, 0) is 14.5 Å². The summed E-state index contributed by atoms with van der Waals surface area (Å²) in [7, 11) is 0. The lowest BCUT2D eigenvalue weighted by atomic mass is 9.91. The van der Waals surface area contributed by atoms with Crippen molar-refractivity contribution in [3.05, 3.63) is 0 Å². The van der Waals surface area contributed by atoms with Gasteiger partial charge in [-0.1, -0.05) is 0 Å². The molecular weight excluding hydrogens is 300 g/mol. The minimum absolute atomic E-state index is 0.0591. The number of nitrogens with two attached hydrogens (primary N) is 2. The summed E-state index contributed by atoms with van der Waals surface area (Å²) in [5.74, 6) is 0. The van der Waals surface area contributed by atoms with Crippen LogP contribution in [0.2, 0.25) is 0 Å². The summed E-state index contributed by atoms with van der Waals surface area (Å²) >= 11 is 0. The van der Waals surface area contributed by atoms with Crippen LogP contribution >= 0.6 is 0 Å². The number of aliphatic hydroxyl groups excluding tert-OH is 5. The van der Waals surface area contributed by atoms with E-state index in [0.29, 0.717) is 0 Å². The highest BCUT2D eigenvalue weighted by Gasteiger charge is 2.34. The quantitative estimate of drug-likeness (QED) is 0.0721. The molecule has 0 rings (SSSR count). The Morgan fingerprint density at radius 2 is 1.14 bits per heavy atom. The predicted octanol–water partition coefficient (Wildman–Crippen LogP) is -3.87. The first-order valence-electron chi connectivity index (χ1n) is 6.81. The van der Waals surface area contributed by atoms with Gasteiger partial charge in [-0.25, -0.2) is 9.78 Å².